The fraction of sp³-hybridized carbons (Fsp3) is 0. The third-order valence-electron chi connectivity index (χ3n) is 2.13. The third-order valence-corrected chi connectivity index (χ3v) is 2.13. The second-order valence-corrected chi connectivity index (χ2v) is 3.35. The Bertz CT molecular complexity index is 569. The van der Waals surface area contributed by atoms with Crippen LogP contribution in [0.1, 0.15) is 20.9 Å². The molecule has 90 valence electrons. The molecule has 0 aliphatic carbocycles. The van der Waals surface area contributed by atoms with E-state index in [1.54, 1.807) is 18.2 Å². The first-order valence-electron chi connectivity index (χ1n) is 5.08. The molecule has 0 N–H and O–H groups in total. The van der Waals surface area contributed by atoms with E-state index in [1.165, 1.54) is 30.5 Å². The molecule has 0 unspecified atom stereocenters. The van der Waals surface area contributed by atoms with Gasteiger partial charge < -0.3 is 9.15 Å². The van der Waals surface area contributed by atoms with Crippen LogP contribution in [0.2, 0.25) is 0 Å². The van der Waals surface area contributed by atoms with Crippen molar-refractivity contribution in [3.63, 3.8) is 0 Å². The molecule has 0 spiro atoms. The Morgan fingerprint density at radius 2 is 1.67 bits per heavy atom. The minimum absolute atomic E-state index is 0.135. The molecule has 0 aliphatic heterocycles. The summed E-state index contributed by atoms with van der Waals surface area (Å²) >= 11 is 0. The minimum Gasteiger partial charge on any atom is -0.457 e. The number of ether oxygens (including phenoxy) is 1. The summed E-state index contributed by atoms with van der Waals surface area (Å²) in [4.78, 5) is 34.4. The van der Waals surface area contributed by atoms with Crippen molar-refractivity contribution < 1.29 is 23.5 Å². The van der Waals surface area contributed by atoms with Gasteiger partial charge in [0.1, 0.15) is 0 Å². The van der Waals surface area contributed by atoms with Crippen molar-refractivity contribution >= 4 is 17.7 Å². The van der Waals surface area contributed by atoms with Crippen LogP contribution in [-0.4, -0.2) is 17.7 Å². The van der Waals surface area contributed by atoms with Crippen molar-refractivity contribution in [3.8, 4) is 0 Å². The molecule has 2 aromatic rings. The highest BCUT2D eigenvalue weighted by Crippen LogP contribution is 2.05. The van der Waals surface area contributed by atoms with Crippen LogP contribution in [0.4, 0.5) is 0 Å². The fourth-order valence-corrected chi connectivity index (χ4v) is 1.28. The number of carbonyl (C=O) groups excluding carboxylic acids is 3. The number of furan rings is 1. The lowest BCUT2D eigenvalue weighted by Crippen LogP contribution is -2.21. The second kappa shape index (κ2) is 5.09. The molecule has 1 aromatic heterocycles. The Morgan fingerprint density at radius 1 is 0.944 bits per heavy atom. The van der Waals surface area contributed by atoms with Gasteiger partial charge in [0.25, 0.3) is 5.78 Å². The van der Waals surface area contributed by atoms with Crippen LogP contribution in [0.5, 0.6) is 0 Å². The molecule has 0 saturated heterocycles. The summed E-state index contributed by atoms with van der Waals surface area (Å²) in [6.45, 7) is 0. The maximum absolute atomic E-state index is 11.6. The van der Waals surface area contributed by atoms with E-state index in [4.69, 9.17) is 4.42 Å². The standard InChI is InChI=1S/C13H8O5/c14-11(9-5-2-1-3-6-9)13(16)18-12(15)10-7-4-8-17-10/h1-8H. The third kappa shape index (κ3) is 2.52. The topological polar surface area (TPSA) is 73.6 Å². The normalized spacial score (nSPS) is 9.78. The van der Waals surface area contributed by atoms with Crippen molar-refractivity contribution in [3.05, 3.63) is 60.1 Å². The lowest BCUT2D eigenvalue weighted by atomic mass is 10.1. The molecule has 5 nitrogen and oxygen atoms in total. The quantitative estimate of drug-likeness (QED) is 0.356. The highest BCUT2D eigenvalue weighted by Gasteiger charge is 2.23. The number of esters is 2. The van der Waals surface area contributed by atoms with E-state index in [0.29, 0.717) is 0 Å². The Hall–Kier alpha value is -2.69. The van der Waals surface area contributed by atoms with Crippen LogP contribution in [0, 0.1) is 0 Å². The van der Waals surface area contributed by atoms with E-state index in [-0.39, 0.29) is 11.3 Å². The Balaban J connectivity index is 2.05. The van der Waals surface area contributed by atoms with Crippen LogP contribution < -0.4 is 0 Å². The van der Waals surface area contributed by atoms with E-state index in [9.17, 15) is 14.4 Å². The number of benzene rings is 1. The van der Waals surface area contributed by atoms with E-state index in [2.05, 4.69) is 4.74 Å². The Labute approximate surface area is 102 Å². The zero-order valence-electron chi connectivity index (χ0n) is 9.16. The molecule has 0 saturated carbocycles. The molecule has 0 atom stereocenters. The highest BCUT2D eigenvalue weighted by molar-refractivity contribution is 6.42. The second-order valence-electron chi connectivity index (χ2n) is 3.35. The summed E-state index contributed by atoms with van der Waals surface area (Å²) in [5, 5.41) is 0. The first-order chi connectivity index (χ1) is 8.68. The van der Waals surface area contributed by atoms with Crippen LogP contribution in [0.15, 0.2) is 53.1 Å². The van der Waals surface area contributed by atoms with E-state index in [0.717, 1.165) is 0 Å². The Morgan fingerprint density at radius 3 is 2.28 bits per heavy atom. The number of carbonyl (C=O) groups is 3. The van der Waals surface area contributed by atoms with Gasteiger partial charge in [-0.25, -0.2) is 9.59 Å². The number of hydrogen-bond acceptors (Lipinski definition) is 5. The predicted octanol–water partition coefficient (Wildman–Crippen LogP) is 1.85. The Kier molecular flexibility index (Phi) is 3.33. The van der Waals surface area contributed by atoms with Crippen molar-refractivity contribution in [1.29, 1.82) is 0 Å². The van der Waals surface area contributed by atoms with Gasteiger partial charge in [0.15, 0.2) is 0 Å². The summed E-state index contributed by atoms with van der Waals surface area (Å²) in [6.07, 6.45) is 1.26. The van der Waals surface area contributed by atoms with E-state index >= 15 is 0 Å². The van der Waals surface area contributed by atoms with Crippen LogP contribution in [0.25, 0.3) is 0 Å². The lowest BCUT2D eigenvalue weighted by Gasteiger charge is -2.00. The summed E-state index contributed by atoms with van der Waals surface area (Å²) < 4.78 is 9.13. The van der Waals surface area contributed by atoms with Crippen LogP contribution >= 0.6 is 0 Å². The number of rotatable bonds is 3. The maximum Gasteiger partial charge on any atom is 0.387 e. The minimum atomic E-state index is -1.23. The lowest BCUT2D eigenvalue weighted by molar-refractivity contribution is -0.133. The van der Waals surface area contributed by atoms with Gasteiger partial charge in [-0.2, -0.15) is 0 Å². The molecule has 2 rings (SSSR count). The number of Topliss-reactive ketones (excluding diaryl/α,β-unsaturated/α-hetero) is 1. The molecular formula is C13H8O5. The van der Waals surface area contributed by atoms with Gasteiger partial charge in [-0.3, -0.25) is 4.79 Å². The first-order valence-corrected chi connectivity index (χ1v) is 5.08. The first kappa shape index (κ1) is 11.8. The fourth-order valence-electron chi connectivity index (χ4n) is 1.28. The molecule has 5 heteroatoms. The average Bonchev–Trinajstić information content (AvgIpc) is 2.92. The van der Waals surface area contributed by atoms with Crippen LogP contribution in [0.3, 0.4) is 0 Å². The number of ketones is 1. The van der Waals surface area contributed by atoms with Gasteiger partial charge in [0.05, 0.1) is 6.26 Å². The van der Waals surface area contributed by atoms with Gasteiger partial charge >= 0.3 is 11.9 Å². The average molecular weight is 244 g/mol. The molecular weight excluding hydrogens is 236 g/mol. The molecule has 1 aromatic carbocycles. The highest BCUT2D eigenvalue weighted by atomic mass is 16.6. The van der Waals surface area contributed by atoms with Crippen molar-refractivity contribution in [2.45, 2.75) is 0 Å². The van der Waals surface area contributed by atoms with Crippen molar-refractivity contribution in [2.75, 3.05) is 0 Å². The smallest absolute Gasteiger partial charge is 0.387 e. The molecule has 0 fully saturated rings. The van der Waals surface area contributed by atoms with Crippen molar-refractivity contribution in [1.82, 2.24) is 0 Å². The van der Waals surface area contributed by atoms with Gasteiger partial charge in [0, 0.05) is 5.56 Å². The van der Waals surface area contributed by atoms with Gasteiger partial charge in [-0.1, -0.05) is 30.3 Å². The summed E-state index contributed by atoms with van der Waals surface area (Å²) in [5.41, 5.74) is 0.162. The van der Waals surface area contributed by atoms with Crippen LogP contribution in [-0.2, 0) is 9.53 Å². The summed E-state index contributed by atoms with van der Waals surface area (Å²) in [5.74, 6) is -3.24. The SMILES string of the molecule is O=C(OC(=O)c1ccco1)C(=O)c1ccccc1. The summed E-state index contributed by atoms with van der Waals surface area (Å²) in [6, 6.07) is 10.6. The van der Waals surface area contributed by atoms with E-state index < -0.39 is 17.7 Å². The monoisotopic (exact) mass is 244 g/mol. The van der Waals surface area contributed by atoms with Gasteiger partial charge in [0.2, 0.25) is 5.76 Å². The molecule has 0 amide bonds. The zero-order valence-corrected chi connectivity index (χ0v) is 9.16. The molecule has 0 bridgehead atoms. The van der Waals surface area contributed by atoms with Crippen molar-refractivity contribution in [2.24, 2.45) is 0 Å². The largest absolute Gasteiger partial charge is 0.457 e. The maximum atomic E-state index is 11.6. The summed E-state index contributed by atoms with van der Waals surface area (Å²) in [7, 11) is 0. The van der Waals surface area contributed by atoms with Gasteiger partial charge in [-0.15, -0.1) is 0 Å². The zero-order chi connectivity index (χ0) is 13.0. The molecule has 0 aliphatic rings. The van der Waals surface area contributed by atoms with E-state index in [1.807, 2.05) is 0 Å². The molecule has 18 heavy (non-hydrogen) atoms. The number of hydrogen-bond donors (Lipinski definition) is 0. The molecule has 0 radical (unpaired) electrons. The molecule has 1 heterocycles. The predicted molar refractivity (Wildman–Crippen MR) is 59.9 cm³/mol. The van der Waals surface area contributed by atoms with Gasteiger partial charge in [-0.05, 0) is 12.1 Å².